The molecule has 1 fully saturated rings. The van der Waals surface area contributed by atoms with Gasteiger partial charge in [-0.3, -0.25) is 0 Å². The maximum Gasteiger partial charge on any atom is 0.252 e. The van der Waals surface area contributed by atoms with Crippen molar-refractivity contribution in [3.8, 4) is 11.1 Å². The Balaban J connectivity index is 1.24. The minimum atomic E-state index is -0.0237. The molecule has 59 heavy (non-hydrogen) atoms. The fourth-order valence-corrected chi connectivity index (χ4v) is 11.5. The molecule has 2 atom stereocenters. The van der Waals surface area contributed by atoms with Crippen LogP contribution in [0.1, 0.15) is 77.0 Å². The molecule has 4 heteroatoms. The summed E-state index contributed by atoms with van der Waals surface area (Å²) in [6.45, 7) is 14.5. The minimum absolute atomic E-state index is 0.00194. The molecule has 0 bridgehead atoms. The fourth-order valence-electron chi connectivity index (χ4n) is 11.5. The molecule has 0 amide bonds. The standard InChI is InChI=1S/C55H52BN3/c1-37-33-49-51-50(34-37)59-52-44(54(5)31-16-17-32-55(54,59)6)25-18-26-45(52)56(51)46-36-42(57(40-21-12-8-13-22-40)41-23-14-9-15-24-41)28-30-48(46)58(49)47-29-27-39(53(2,3)4)35-43(47)38-19-10-7-11-20-38/h7-15,18-30,33-36H,16-17,31-32H2,1-6H3. The molecule has 0 aromatic heterocycles. The van der Waals surface area contributed by atoms with Gasteiger partial charge in [-0.25, -0.2) is 0 Å². The van der Waals surface area contributed by atoms with Gasteiger partial charge in [0.15, 0.2) is 0 Å². The second-order valence-corrected chi connectivity index (χ2v) is 19.0. The van der Waals surface area contributed by atoms with E-state index >= 15 is 0 Å². The first-order valence-corrected chi connectivity index (χ1v) is 21.7. The highest BCUT2D eigenvalue weighted by Gasteiger charge is 2.61. The molecule has 4 aliphatic rings. The lowest BCUT2D eigenvalue weighted by atomic mass is 9.33. The average molecular weight is 766 g/mol. The van der Waals surface area contributed by atoms with Crippen LogP contribution in [0, 0.1) is 6.92 Å². The number of para-hydroxylation sites is 3. The summed E-state index contributed by atoms with van der Waals surface area (Å²) in [6, 6.07) is 59.5. The van der Waals surface area contributed by atoms with Crippen LogP contribution in [0.3, 0.4) is 0 Å². The molecule has 0 spiro atoms. The Bertz CT molecular complexity index is 2730. The van der Waals surface area contributed by atoms with Crippen molar-refractivity contribution >= 4 is 68.6 Å². The molecule has 1 saturated carbocycles. The lowest BCUT2D eigenvalue weighted by Crippen LogP contribution is -2.64. The highest BCUT2D eigenvalue weighted by Crippen LogP contribution is 2.62. The monoisotopic (exact) mass is 765 g/mol. The van der Waals surface area contributed by atoms with Gasteiger partial charge in [0.1, 0.15) is 0 Å². The van der Waals surface area contributed by atoms with Crippen LogP contribution in [-0.2, 0) is 10.8 Å². The Morgan fingerprint density at radius 2 is 1.22 bits per heavy atom. The third kappa shape index (κ3) is 5.21. The van der Waals surface area contributed by atoms with Gasteiger partial charge in [-0.05, 0) is 137 Å². The number of hydrogen-bond acceptors (Lipinski definition) is 3. The zero-order valence-corrected chi connectivity index (χ0v) is 35.3. The van der Waals surface area contributed by atoms with Crippen molar-refractivity contribution in [1.82, 2.24) is 0 Å². The summed E-state index contributed by atoms with van der Waals surface area (Å²) in [5.41, 5.74) is 20.9. The number of aryl methyl sites for hydroxylation is 1. The van der Waals surface area contributed by atoms with Crippen molar-refractivity contribution in [1.29, 1.82) is 0 Å². The van der Waals surface area contributed by atoms with Gasteiger partial charge in [0.25, 0.3) is 6.71 Å². The maximum atomic E-state index is 2.84. The second kappa shape index (κ2) is 13.0. The Morgan fingerprint density at radius 3 is 1.92 bits per heavy atom. The van der Waals surface area contributed by atoms with Gasteiger partial charge in [-0.1, -0.05) is 132 Å². The molecular weight excluding hydrogens is 713 g/mol. The maximum absolute atomic E-state index is 2.84. The van der Waals surface area contributed by atoms with E-state index in [1.807, 2.05) is 0 Å². The van der Waals surface area contributed by atoms with Crippen LogP contribution < -0.4 is 31.1 Å². The zero-order valence-electron chi connectivity index (χ0n) is 35.3. The predicted octanol–water partition coefficient (Wildman–Crippen LogP) is 12.8. The third-order valence-corrected chi connectivity index (χ3v) is 14.6. The summed E-state index contributed by atoms with van der Waals surface area (Å²) in [7, 11) is 0. The van der Waals surface area contributed by atoms with Crippen LogP contribution in [-0.4, -0.2) is 12.3 Å². The number of rotatable bonds is 5. The van der Waals surface area contributed by atoms with E-state index in [0.717, 1.165) is 17.1 Å². The Morgan fingerprint density at radius 1 is 0.576 bits per heavy atom. The molecule has 3 nitrogen and oxygen atoms in total. The SMILES string of the molecule is Cc1cc2c3c(c1)N1c4c(cccc4C4(C)CCCCC14C)B3c1cc(N(c3ccccc3)c3ccccc3)ccc1N2c1ccc(C(C)(C)C)cc1-c1ccccc1. The molecule has 11 rings (SSSR count). The molecule has 3 heterocycles. The van der Waals surface area contributed by atoms with E-state index in [2.05, 4.69) is 214 Å². The molecule has 0 N–H and O–H groups in total. The molecular formula is C55H52BN3. The van der Waals surface area contributed by atoms with E-state index in [1.165, 1.54) is 98.3 Å². The fraction of sp³-hybridized carbons (Fsp3) is 0.236. The first-order valence-electron chi connectivity index (χ1n) is 21.7. The van der Waals surface area contributed by atoms with Crippen LogP contribution in [0.25, 0.3) is 11.1 Å². The second-order valence-electron chi connectivity index (χ2n) is 19.0. The van der Waals surface area contributed by atoms with Gasteiger partial charge in [0, 0.05) is 50.8 Å². The van der Waals surface area contributed by atoms with Crippen LogP contribution >= 0.6 is 0 Å². The lowest BCUT2D eigenvalue weighted by molar-refractivity contribution is 0.195. The summed E-state index contributed by atoms with van der Waals surface area (Å²) in [4.78, 5) is 7.89. The summed E-state index contributed by atoms with van der Waals surface area (Å²) < 4.78 is 0. The molecule has 7 aromatic carbocycles. The first-order chi connectivity index (χ1) is 28.6. The molecule has 0 saturated heterocycles. The van der Waals surface area contributed by atoms with Gasteiger partial charge in [-0.2, -0.15) is 0 Å². The topological polar surface area (TPSA) is 9.72 Å². The van der Waals surface area contributed by atoms with E-state index in [9.17, 15) is 0 Å². The smallest absolute Gasteiger partial charge is 0.252 e. The van der Waals surface area contributed by atoms with E-state index < -0.39 is 0 Å². The Labute approximate surface area is 351 Å². The summed E-state index contributed by atoms with van der Waals surface area (Å²) >= 11 is 0. The van der Waals surface area contributed by atoms with Crippen LogP contribution in [0.5, 0.6) is 0 Å². The number of benzene rings is 7. The Hall–Kier alpha value is -6.00. The van der Waals surface area contributed by atoms with Gasteiger partial charge >= 0.3 is 0 Å². The average Bonchev–Trinajstić information content (AvgIpc) is 3.46. The van der Waals surface area contributed by atoms with Crippen LogP contribution in [0.4, 0.5) is 45.5 Å². The number of hydrogen-bond donors (Lipinski definition) is 0. The Kier molecular flexibility index (Phi) is 7.96. The zero-order chi connectivity index (χ0) is 40.3. The van der Waals surface area contributed by atoms with E-state index in [0.29, 0.717) is 0 Å². The van der Waals surface area contributed by atoms with E-state index in [1.54, 1.807) is 0 Å². The van der Waals surface area contributed by atoms with Gasteiger partial charge in [0.05, 0.1) is 11.2 Å². The molecule has 7 aromatic rings. The molecule has 2 unspecified atom stereocenters. The van der Waals surface area contributed by atoms with Crippen molar-refractivity contribution in [3.63, 3.8) is 0 Å². The van der Waals surface area contributed by atoms with Crippen molar-refractivity contribution in [2.24, 2.45) is 0 Å². The van der Waals surface area contributed by atoms with Gasteiger partial charge in [-0.15, -0.1) is 0 Å². The third-order valence-electron chi connectivity index (χ3n) is 14.6. The summed E-state index contributed by atoms with van der Waals surface area (Å²) in [6.07, 6.45) is 4.94. The van der Waals surface area contributed by atoms with Crippen molar-refractivity contribution in [3.05, 3.63) is 174 Å². The normalized spacial score (nSPS) is 19.8. The van der Waals surface area contributed by atoms with Crippen molar-refractivity contribution in [2.45, 2.75) is 83.6 Å². The van der Waals surface area contributed by atoms with Gasteiger partial charge in [0.2, 0.25) is 0 Å². The van der Waals surface area contributed by atoms with Crippen molar-refractivity contribution < 1.29 is 0 Å². The highest BCUT2D eigenvalue weighted by atomic mass is 15.3. The molecule has 290 valence electrons. The predicted molar refractivity (Wildman–Crippen MR) is 252 cm³/mol. The number of nitrogens with zero attached hydrogens (tertiary/aromatic N) is 3. The van der Waals surface area contributed by atoms with Crippen LogP contribution in [0.15, 0.2) is 158 Å². The van der Waals surface area contributed by atoms with Crippen LogP contribution in [0.2, 0.25) is 0 Å². The van der Waals surface area contributed by atoms with E-state index in [-0.39, 0.29) is 23.1 Å². The highest BCUT2D eigenvalue weighted by molar-refractivity contribution is 7.00. The minimum Gasteiger partial charge on any atom is -0.335 e. The number of anilines is 8. The number of fused-ring (bicyclic) bond motifs is 7. The molecule has 1 aliphatic carbocycles. The lowest BCUT2D eigenvalue weighted by Gasteiger charge is -2.53. The molecule has 0 radical (unpaired) electrons. The van der Waals surface area contributed by atoms with Gasteiger partial charge < -0.3 is 14.7 Å². The summed E-state index contributed by atoms with van der Waals surface area (Å²) in [5.74, 6) is 0. The molecule has 3 aliphatic heterocycles. The van der Waals surface area contributed by atoms with E-state index in [4.69, 9.17) is 0 Å². The largest absolute Gasteiger partial charge is 0.335 e. The first kappa shape index (κ1) is 36.1. The quantitative estimate of drug-likeness (QED) is 0.162. The van der Waals surface area contributed by atoms with Crippen molar-refractivity contribution in [2.75, 3.05) is 14.7 Å². The summed E-state index contributed by atoms with van der Waals surface area (Å²) in [5, 5.41) is 0.